The summed E-state index contributed by atoms with van der Waals surface area (Å²) in [6.45, 7) is 0. The van der Waals surface area contributed by atoms with Gasteiger partial charge in [-0.3, -0.25) is 9.97 Å². The third-order valence-corrected chi connectivity index (χ3v) is 9.32. The van der Waals surface area contributed by atoms with Crippen molar-refractivity contribution in [3.63, 3.8) is 0 Å². The molecule has 0 spiro atoms. The van der Waals surface area contributed by atoms with Gasteiger partial charge in [-0.25, -0.2) is 29.9 Å². The largest absolute Gasteiger partial charge is 0.264 e. The number of nitrogens with zero attached hydrogens (tertiary/aromatic N) is 8. The lowest BCUT2D eigenvalue weighted by atomic mass is 9.89. The second kappa shape index (κ2) is 12.2. The van der Waals surface area contributed by atoms with Crippen molar-refractivity contribution in [2.24, 2.45) is 0 Å². The lowest BCUT2D eigenvalue weighted by Gasteiger charge is -2.16. The molecule has 10 aromatic rings. The lowest BCUT2D eigenvalue weighted by molar-refractivity contribution is 1.07. The minimum atomic E-state index is 0.568. The van der Waals surface area contributed by atoms with E-state index < -0.39 is 0 Å². The summed E-state index contributed by atoms with van der Waals surface area (Å²) in [6, 6.07) is 44.9. The van der Waals surface area contributed by atoms with Crippen LogP contribution in [0, 0.1) is 0 Å². The predicted octanol–water partition coefficient (Wildman–Crippen LogP) is 9.75. The Kier molecular flexibility index (Phi) is 6.95. The Balaban J connectivity index is 1.20. The average molecular weight is 667 g/mol. The number of rotatable bonds is 6. The summed E-state index contributed by atoms with van der Waals surface area (Å²) in [5, 5.41) is 6.59. The summed E-state index contributed by atoms with van der Waals surface area (Å²) in [7, 11) is 0. The van der Waals surface area contributed by atoms with Gasteiger partial charge >= 0.3 is 0 Å². The van der Waals surface area contributed by atoms with Crippen LogP contribution in [0.5, 0.6) is 0 Å². The minimum Gasteiger partial charge on any atom is -0.264 e. The maximum absolute atomic E-state index is 5.05. The topological polar surface area (TPSA) is 103 Å². The van der Waals surface area contributed by atoms with Gasteiger partial charge in [0.25, 0.3) is 0 Å². The Bertz CT molecular complexity index is 2570. The summed E-state index contributed by atoms with van der Waals surface area (Å²) >= 11 is 0. The second-order valence-corrected chi connectivity index (χ2v) is 12.5. The molecule has 4 heterocycles. The van der Waals surface area contributed by atoms with Crippen molar-refractivity contribution in [1.29, 1.82) is 0 Å². The Morgan fingerprint density at radius 2 is 0.654 bits per heavy atom. The van der Waals surface area contributed by atoms with Crippen LogP contribution in [0.1, 0.15) is 0 Å². The Hall–Kier alpha value is -7.32. The third kappa shape index (κ3) is 5.09. The maximum atomic E-state index is 5.05. The minimum absolute atomic E-state index is 0.568. The van der Waals surface area contributed by atoms with E-state index >= 15 is 0 Å². The molecule has 0 aliphatic heterocycles. The molecule has 0 saturated carbocycles. The molecule has 0 amide bonds. The van der Waals surface area contributed by atoms with E-state index in [4.69, 9.17) is 29.9 Å². The predicted molar refractivity (Wildman–Crippen MR) is 205 cm³/mol. The summed E-state index contributed by atoms with van der Waals surface area (Å²) in [5.41, 5.74) is 5.31. The fourth-order valence-electron chi connectivity index (χ4n) is 6.86. The highest BCUT2D eigenvalue weighted by atomic mass is 15.0. The highest BCUT2D eigenvalue weighted by molar-refractivity contribution is 6.27. The van der Waals surface area contributed by atoms with Crippen LogP contribution in [-0.4, -0.2) is 39.9 Å². The molecule has 0 radical (unpaired) electrons. The van der Waals surface area contributed by atoms with E-state index in [2.05, 4.69) is 58.5 Å². The quantitative estimate of drug-likeness (QED) is 0.162. The first-order valence-corrected chi connectivity index (χ1v) is 16.9. The van der Waals surface area contributed by atoms with Gasteiger partial charge in [0.1, 0.15) is 0 Å². The molecule has 8 nitrogen and oxygen atoms in total. The molecule has 6 aromatic carbocycles. The third-order valence-electron chi connectivity index (χ3n) is 9.32. The van der Waals surface area contributed by atoms with Gasteiger partial charge in [-0.1, -0.05) is 97.1 Å². The van der Waals surface area contributed by atoms with Crippen LogP contribution in [0.3, 0.4) is 0 Å². The van der Waals surface area contributed by atoms with Crippen LogP contribution in [-0.2, 0) is 0 Å². The highest BCUT2D eigenvalue weighted by Gasteiger charge is 2.20. The van der Waals surface area contributed by atoms with Crippen molar-refractivity contribution >= 4 is 32.3 Å². The normalized spacial score (nSPS) is 11.5. The zero-order chi connectivity index (χ0) is 34.4. The van der Waals surface area contributed by atoms with Gasteiger partial charge in [-0.15, -0.1) is 0 Å². The fourth-order valence-corrected chi connectivity index (χ4v) is 6.86. The summed E-state index contributed by atoms with van der Waals surface area (Å²) in [4.78, 5) is 38.6. The van der Waals surface area contributed by atoms with Gasteiger partial charge in [0, 0.05) is 58.2 Å². The lowest BCUT2D eigenvalue weighted by Crippen LogP contribution is -2.01. The first-order chi connectivity index (χ1) is 25.8. The maximum Gasteiger partial charge on any atom is 0.165 e. The molecule has 0 atom stereocenters. The molecule has 0 saturated heterocycles. The van der Waals surface area contributed by atoms with Crippen molar-refractivity contribution in [1.82, 2.24) is 39.9 Å². The first-order valence-electron chi connectivity index (χ1n) is 16.9. The zero-order valence-corrected chi connectivity index (χ0v) is 27.6. The second-order valence-electron chi connectivity index (χ2n) is 12.5. The zero-order valence-electron chi connectivity index (χ0n) is 27.6. The van der Waals surface area contributed by atoms with Crippen LogP contribution in [0.25, 0.3) is 101 Å². The van der Waals surface area contributed by atoms with E-state index in [-0.39, 0.29) is 0 Å². The molecular weight excluding hydrogens is 641 g/mol. The highest BCUT2D eigenvalue weighted by Crippen LogP contribution is 2.42. The van der Waals surface area contributed by atoms with E-state index in [0.717, 1.165) is 65.7 Å². The monoisotopic (exact) mass is 666 g/mol. The molecule has 10 rings (SSSR count). The number of hydrogen-bond acceptors (Lipinski definition) is 8. The van der Waals surface area contributed by atoms with E-state index in [0.29, 0.717) is 34.9 Å². The average Bonchev–Trinajstić information content (AvgIpc) is 3.23. The van der Waals surface area contributed by atoms with Crippen molar-refractivity contribution < 1.29 is 0 Å². The molecular formula is C44H26N8. The van der Waals surface area contributed by atoms with Crippen LogP contribution in [0.4, 0.5) is 0 Å². The Morgan fingerprint density at radius 3 is 1.06 bits per heavy atom. The SMILES string of the molecule is c1ccc(-c2nc(-c3cccnc3)nc(-c3ccc4ccc5c(-c6nc(-c7ccccc7)nc(-c7cccnc7)n6)ccc6ccc3c4c65)n2)cc1. The summed E-state index contributed by atoms with van der Waals surface area (Å²) in [6.07, 6.45) is 7.06. The number of aromatic nitrogens is 8. The van der Waals surface area contributed by atoms with Crippen LogP contribution >= 0.6 is 0 Å². The molecule has 0 unspecified atom stereocenters. The van der Waals surface area contributed by atoms with Crippen molar-refractivity contribution in [2.45, 2.75) is 0 Å². The molecule has 0 bridgehead atoms. The molecule has 0 N–H and O–H groups in total. The first kappa shape index (κ1) is 29.6. The van der Waals surface area contributed by atoms with E-state index in [1.165, 1.54) is 0 Å². The van der Waals surface area contributed by atoms with Crippen molar-refractivity contribution in [3.8, 4) is 68.3 Å². The number of benzene rings is 6. The van der Waals surface area contributed by atoms with Crippen molar-refractivity contribution in [2.75, 3.05) is 0 Å². The van der Waals surface area contributed by atoms with Gasteiger partial charge in [-0.05, 0) is 68.7 Å². The fraction of sp³-hybridized carbons (Fsp3) is 0. The Labute approximate surface area is 298 Å². The van der Waals surface area contributed by atoms with Crippen molar-refractivity contribution in [3.05, 3.63) is 158 Å². The van der Waals surface area contributed by atoms with Crippen LogP contribution in [0.2, 0.25) is 0 Å². The van der Waals surface area contributed by atoms with Crippen LogP contribution in [0.15, 0.2) is 158 Å². The number of pyridine rings is 2. The van der Waals surface area contributed by atoms with Gasteiger partial charge in [0.05, 0.1) is 0 Å². The molecule has 8 heteroatoms. The number of hydrogen-bond donors (Lipinski definition) is 0. The Morgan fingerprint density at radius 1 is 0.288 bits per heavy atom. The van der Waals surface area contributed by atoms with E-state index in [9.17, 15) is 0 Å². The standard InChI is InChI=1S/C44H26N8/c1-3-9-29(10-4-1)39-47-41(31-13-7-23-45-25-31)51-43(49-39)35-21-17-27-16-20-34-36(22-18-28-15-19-33(35)37(27)38(28)34)44-50-40(30-11-5-2-6-12-30)48-42(52-44)32-14-8-24-46-26-32/h1-26H. The molecule has 0 aliphatic rings. The molecule has 4 aromatic heterocycles. The molecule has 0 fully saturated rings. The molecule has 242 valence electrons. The van der Waals surface area contributed by atoms with Gasteiger partial charge in [-0.2, -0.15) is 0 Å². The smallest absolute Gasteiger partial charge is 0.165 e. The molecule has 0 aliphatic carbocycles. The van der Waals surface area contributed by atoms with Gasteiger partial charge < -0.3 is 0 Å². The van der Waals surface area contributed by atoms with E-state index in [1.807, 2.05) is 84.9 Å². The van der Waals surface area contributed by atoms with Gasteiger partial charge in [0.15, 0.2) is 34.9 Å². The molecule has 52 heavy (non-hydrogen) atoms. The van der Waals surface area contributed by atoms with Gasteiger partial charge in [0.2, 0.25) is 0 Å². The van der Waals surface area contributed by atoms with E-state index in [1.54, 1.807) is 24.8 Å². The van der Waals surface area contributed by atoms with Crippen LogP contribution < -0.4 is 0 Å². The summed E-state index contributed by atoms with van der Waals surface area (Å²) < 4.78 is 0. The summed E-state index contributed by atoms with van der Waals surface area (Å²) in [5.74, 6) is 3.53.